The van der Waals surface area contributed by atoms with Gasteiger partial charge in [0.2, 0.25) is 0 Å². The quantitative estimate of drug-likeness (QED) is 0.491. The summed E-state index contributed by atoms with van der Waals surface area (Å²) in [5.41, 5.74) is 2.91. The van der Waals surface area contributed by atoms with Gasteiger partial charge in [0.05, 0.1) is 19.9 Å². The number of amides is 1. The second-order valence-electron chi connectivity index (χ2n) is 6.70. The summed E-state index contributed by atoms with van der Waals surface area (Å²) in [5, 5.41) is 15.5. The Kier molecular flexibility index (Phi) is 5.65. The molecule has 0 bridgehead atoms. The van der Waals surface area contributed by atoms with E-state index < -0.39 is 0 Å². The van der Waals surface area contributed by atoms with E-state index in [1.807, 2.05) is 37.3 Å². The van der Waals surface area contributed by atoms with E-state index >= 15 is 0 Å². The van der Waals surface area contributed by atoms with Crippen molar-refractivity contribution in [3.8, 4) is 28.5 Å². The van der Waals surface area contributed by atoms with Crippen molar-refractivity contribution in [3.05, 3.63) is 60.4 Å². The molecule has 0 atom stereocenters. The van der Waals surface area contributed by atoms with Crippen molar-refractivity contribution in [1.29, 1.82) is 0 Å². The summed E-state index contributed by atoms with van der Waals surface area (Å²) in [7, 11) is 3.10. The van der Waals surface area contributed by atoms with Gasteiger partial charge >= 0.3 is 0 Å². The minimum absolute atomic E-state index is 0.162. The van der Waals surface area contributed by atoms with E-state index in [0.29, 0.717) is 34.4 Å². The van der Waals surface area contributed by atoms with Crippen LogP contribution in [0.5, 0.6) is 17.2 Å². The number of hydrogen-bond donors (Lipinski definition) is 1. The summed E-state index contributed by atoms with van der Waals surface area (Å²) in [6.07, 6.45) is 0. The first-order valence-electron chi connectivity index (χ1n) is 9.51. The van der Waals surface area contributed by atoms with Gasteiger partial charge < -0.3 is 19.5 Å². The maximum absolute atomic E-state index is 12.4. The van der Waals surface area contributed by atoms with Gasteiger partial charge in [-0.05, 0) is 31.2 Å². The average Bonchev–Trinajstić information content (AvgIpc) is 3.17. The van der Waals surface area contributed by atoms with Crippen molar-refractivity contribution in [1.82, 2.24) is 19.8 Å². The van der Waals surface area contributed by atoms with Crippen molar-refractivity contribution >= 4 is 17.2 Å². The van der Waals surface area contributed by atoms with Crippen LogP contribution in [0.1, 0.15) is 5.82 Å². The largest absolute Gasteiger partial charge is 0.496 e. The van der Waals surface area contributed by atoms with Crippen LogP contribution in [0.3, 0.4) is 0 Å². The molecule has 0 aliphatic rings. The third-order valence-corrected chi connectivity index (χ3v) is 4.56. The fourth-order valence-corrected chi connectivity index (χ4v) is 3.02. The molecule has 4 aromatic rings. The SMILES string of the molecule is COc1cc(OC)cc(OCC(=O)Nc2cccc(-c3ccc4nnc(C)n4n3)c2)c1. The molecule has 1 N–H and O–H groups in total. The zero-order valence-corrected chi connectivity index (χ0v) is 17.3. The topological polar surface area (TPSA) is 99.9 Å². The Morgan fingerprint density at radius 3 is 2.45 bits per heavy atom. The number of aryl methyl sites for hydroxylation is 1. The number of nitrogens with zero attached hydrogens (tertiary/aromatic N) is 4. The van der Waals surface area contributed by atoms with Crippen molar-refractivity contribution in [3.63, 3.8) is 0 Å². The van der Waals surface area contributed by atoms with Crippen LogP contribution in [-0.4, -0.2) is 46.5 Å². The van der Waals surface area contributed by atoms with Gasteiger partial charge in [0, 0.05) is 29.4 Å². The first kappa shape index (κ1) is 20.1. The van der Waals surface area contributed by atoms with Crippen LogP contribution in [0.2, 0.25) is 0 Å². The lowest BCUT2D eigenvalue weighted by atomic mass is 10.1. The first-order valence-corrected chi connectivity index (χ1v) is 9.51. The lowest BCUT2D eigenvalue weighted by Gasteiger charge is -2.11. The molecule has 2 aromatic carbocycles. The van der Waals surface area contributed by atoms with Crippen molar-refractivity contribution < 1.29 is 19.0 Å². The van der Waals surface area contributed by atoms with E-state index in [4.69, 9.17) is 14.2 Å². The number of benzene rings is 2. The van der Waals surface area contributed by atoms with Gasteiger partial charge in [-0.3, -0.25) is 4.79 Å². The Balaban J connectivity index is 1.45. The van der Waals surface area contributed by atoms with Gasteiger partial charge in [-0.25, -0.2) is 0 Å². The van der Waals surface area contributed by atoms with Crippen LogP contribution in [0.4, 0.5) is 5.69 Å². The van der Waals surface area contributed by atoms with E-state index in [1.54, 1.807) is 43.0 Å². The Morgan fingerprint density at radius 1 is 0.968 bits per heavy atom. The molecule has 0 aliphatic heterocycles. The molecule has 0 unspecified atom stereocenters. The monoisotopic (exact) mass is 419 g/mol. The fourth-order valence-electron chi connectivity index (χ4n) is 3.02. The number of hydrogen-bond acceptors (Lipinski definition) is 7. The van der Waals surface area contributed by atoms with Crippen LogP contribution in [0.25, 0.3) is 16.9 Å². The maximum atomic E-state index is 12.4. The molecule has 158 valence electrons. The van der Waals surface area contributed by atoms with Gasteiger partial charge in [0.15, 0.2) is 18.1 Å². The number of carbonyl (C=O) groups is 1. The van der Waals surface area contributed by atoms with E-state index in [-0.39, 0.29) is 12.5 Å². The summed E-state index contributed by atoms with van der Waals surface area (Å²) >= 11 is 0. The molecule has 0 saturated heterocycles. The molecule has 0 aliphatic carbocycles. The molecule has 9 nitrogen and oxygen atoms in total. The van der Waals surface area contributed by atoms with E-state index in [9.17, 15) is 4.79 Å². The molecule has 31 heavy (non-hydrogen) atoms. The van der Waals surface area contributed by atoms with E-state index in [2.05, 4.69) is 20.6 Å². The molecule has 0 radical (unpaired) electrons. The Bertz CT molecular complexity index is 1220. The third-order valence-electron chi connectivity index (χ3n) is 4.56. The van der Waals surface area contributed by atoms with Gasteiger partial charge in [-0.1, -0.05) is 12.1 Å². The second-order valence-corrected chi connectivity index (χ2v) is 6.70. The van der Waals surface area contributed by atoms with Crippen LogP contribution in [0.15, 0.2) is 54.6 Å². The molecular formula is C22H21N5O4. The van der Waals surface area contributed by atoms with Crippen molar-refractivity contribution in [2.75, 3.05) is 26.1 Å². The van der Waals surface area contributed by atoms with E-state index in [1.165, 1.54) is 0 Å². The van der Waals surface area contributed by atoms with Gasteiger partial charge in [-0.2, -0.15) is 9.61 Å². The summed E-state index contributed by atoms with van der Waals surface area (Å²) in [5.74, 6) is 2.04. The number of anilines is 1. The molecule has 2 aromatic heterocycles. The fraction of sp³-hybridized carbons (Fsp3) is 0.182. The highest BCUT2D eigenvalue weighted by Crippen LogP contribution is 2.27. The molecule has 9 heteroatoms. The maximum Gasteiger partial charge on any atom is 0.262 e. The van der Waals surface area contributed by atoms with Crippen LogP contribution >= 0.6 is 0 Å². The van der Waals surface area contributed by atoms with Crippen LogP contribution in [0, 0.1) is 6.92 Å². The Hall–Kier alpha value is -4.14. The number of aromatic nitrogens is 4. The van der Waals surface area contributed by atoms with Crippen LogP contribution in [-0.2, 0) is 4.79 Å². The number of ether oxygens (including phenoxy) is 3. The van der Waals surface area contributed by atoms with Crippen molar-refractivity contribution in [2.24, 2.45) is 0 Å². The Morgan fingerprint density at radius 2 is 1.71 bits per heavy atom. The molecule has 4 rings (SSSR count). The molecule has 2 heterocycles. The summed E-state index contributed by atoms with van der Waals surface area (Å²) in [6.45, 7) is 1.68. The predicted octanol–water partition coefficient (Wildman–Crippen LogP) is 3.13. The number of fused-ring (bicyclic) bond motifs is 1. The second kappa shape index (κ2) is 8.70. The standard InChI is InChI=1S/C22H21N5O4/c1-14-24-25-21-8-7-20(26-27(14)21)15-5-4-6-16(9-15)23-22(28)13-31-19-11-17(29-2)10-18(12-19)30-3/h4-12H,13H2,1-3H3,(H,23,28). The number of nitrogens with one attached hydrogen (secondary N) is 1. The summed E-state index contributed by atoms with van der Waals surface area (Å²) in [6, 6.07) is 16.2. The third kappa shape index (κ3) is 4.55. The van der Waals surface area contributed by atoms with Gasteiger partial charge in [-0.15, -0.1) is 10.2 Å². The predicted molar refractivity (Wildman–Crippen MR) is 115 cm³/mol. The molecule has 0 saturated carbocycles. The normalized spacial score (nSPS) is 10.7. The summed E-state index contributed by atoms with van der Waals surface area (Å²) < 4.78 is 17.7. The molecule has 1 amide bonds. The van der Waals surface area contributed by atoms with Gasteiger partial charge in [0.1, 0.15) is 17.2 Å². The smallest absolute Gasteiger partial charge is 0.262 e. The minimum Gasteiger partial charge on any atom is -0.496 e. The lowest BCUT2D eigenvalue weighted by molar-refractivity contribution is -0.118. The van der Waals surface area contributed by atoms with Crippen molar-refractivity contribution in [2.45, 2.75) is 6.92 Å². The highest BCUT2D eigenvalue weighted by Gasteiger charge is 2.09. The average molecular weight is 419 g/mol. The summed E-state index contributed by atoms with van der Waals surface area (Å²) in [4.78, 5) is 12.4. The Labute approximate surface area is 178 Å². The highest BCUT2D eigenvalue weighted by atomic mass is 16.5. The zero-order valence-electron chi connectivity index (χ0n) is 17.3. The highest BCUT2D eigenvalue weighted by molar-refractivity contribution is 5.92. The van der Waals surface area contributed by atoms with E-state index in [0.717, 1.165) is 11.3 Å². The molecule has 0 fully saturated rings. The molecular weight excluding hydrogens is 398 g/mol. The van der Waals surface area contributed by atoms with Gasteiger partial charge in [0.25, 0.3) is 5.91 Å². The number of methoxy groups -OCH3 is 2. The first-order chi connectivity index (χ1) is 15.1. The zero-order chi connectivity index (χ0) is 21.8. The molecule has 0 spiro atoms. The van der Waals surface area contributed by atoms with Crippen LogP contribution < -0.4 is 19.5 Å². The number of carbonyl (C=O) groups excluding carboxylic acids is 1. The lowest BCUT2D eigenvalue weighted by Crippen LogP contribution is -2.20. The minimum atomic E-state index is -0.294. The number of rotatable bonds is 7.